The first-order valence-electron chi connectivity index (χ1n) is 13.0. The first kappa shape index (κ1) is 26.0. The highest BCUT2D eigenvalue weighted by Gasteiger charge is 2.38. The van der Waals surface area contributed by atoms with E-state index in [2.05, 4.69) is 4.98 Å². The van der Waals surface area contributed by atoms with E-state index in [-0.39, 0.29) is 39.8 Å². The van der Waals surface area contributed by atoms with Gasteiger partial charge in [0.1, 0.15) is 11.5 Å². The van der Waals surface area contributed by atoms with Gasteiger partial charge in [0.2, 0.25) is 9.84 Å². The zero-order valence-electron chi connectivity index (χ0n) is 21.6. The summed E-state index contributed by atoms with van der Waals surface area (Å²) < 4.78 is 33.2. The van der Waals surface area contributed by atoms with Gasteiger partial charge in [-0.15, -0.1) is 0 Å². The molecule has 2 aromatic carbocycles. The van der Waals surface area contributed by atoms with Crippen LogP contribution < -0.4 is 5.63 Å². The molecular weight excluding hydrogens is 500 g/mol. The first-order valence-corrected chi connectivity index (χ1v) is 14.6. The third-order valence-electron chi connectivity index (χ3n) is 7.28. The summed E-state index contributed by atoms with van der Waals surface area (Å²) in [5, 5.41) is 11.2. The van der Waals surface area contributed by atoms with Crippen molar-refractivity contribution in [3.05, 3.63) is 112 Å². The summed E-state index contributed by atoms with van der Waals surface area (Å²) in [5.41, 5.74) is 2.26. The Kier molecular flexibility index (Phi) is 7.25. The van der Waals surface area contributed by atoms with Gasteiger partial charge in [-0.05, 0) is 48.3 Å². The second-order valence-electron chi connectivity index (χ2n) is 10.2. The lowest BCUT2D eigenvalue weighted by molar-refractivity contribution is 0.379. The van der Waals surface area contributed by atoms with Gasteiger partial charge in [-0.1, -0.05) is 61.5 Å². The van der Waals surface area contributed by atoms with Crippen LogP contribution in [0.2, 0.25) is 0 Å². The van der Waals surface area contributed by atoms with Crippen LogP contribution in [-0.4, -0.2) is 23.1 Å². The van der Waals surface area contributed by atoms with Gasteiger partial charge in [-0.2, -0.15) is 0 Å². The van der Waals surface area contributed by atoms with Gasteiger partial charge in [-0.3, -0.25) is 0 Å². The fourth-order valence-electron chi connectivity index (χ4n) is 5.16. The summed E-state index contributed by atoms with van der Waals surface area (Å²) in [5.74, 6) is -0.00873. The first-order chi connectivity index (χ1) is 18.2. The van der Waals surface area contributed by atoms with E-state index in [1.54, 1.807) is 29.8 Å². The Morgan fingerprint density at radius 3 is 2.45 bits per heavy atom. The number of sulfone groups is 1. The molecule has 2 unspecified atom stereocenters. The van der Waals surface area contributed by atoms with Gasteiger partial charge in [0, 0.05) is 31.1 Å². The molecule has 8 heteroatoms. The molecule has 0 spiro atoms. The Morgan fingerprint density at radius 2 is 1.82 bits per heavy atom. The van der Waals surface area contributed by atoms with E-state index in [0.29, 0.717) is 17.7 Å². The maximum Gasteiger partial charge on any atom is 0.343 e. The normalized spacial score (nSPS) is 15.3. The fourth-order valence-corrected chi connectivity index (χ4v) is 6.46. The van der Waals surface area contributed by atoms with E-state index in [0.717, 1.165) is 30.4 Å². The SMILES string of the molecule is CCC(Cc1ccccc1)c1cc(O)c(C(c2cccc(CS(=O)(=O)c3cn(C)cn3)c2)C2CC2)c(=O)o1. The molecular formula is C30H32N2O5S. The lowest BCUT2D eigenvalue weighted by Gasteiger charge is -2.20. The predicted octanol–water partition coefficient (Wildman–Crippen LogP) is 5.33. The molecule has 2 aromatic heterocycles. The molecule has 4 aromatic rings. The van der Waals surface area contributed by atoms with Gasteiger partial charge in [-0.25, -0.2) is 18.2 Å². The molecule has 1 fully saturated rings. The van der Waals surface area contributed by atoms with Gasteiger partial charge in [0.05, 0.1) is 17.6 Å². The zero-order valence-corrected chi connectivity index (χ0v) is 22.4. The number of aromatic nitrogens is 2. The molecule has 2 atom stereocenters. The lowest BCUT2D eigenvalue weighted by Crippen LogP contribution is -2.18. The highest BCUT2D eigenvalue weighted by atomic mass is 32.2. The van der Waals surface area contributed by atoms with Crippen molar-refractivity contribution in [3.63, 3.8) is 0 Å². The smallest absolute Gasteiger partial charge is 0.343 e. The lowest BCUT2D eigenvalue weighted by atomic mass is 9.86. The van der Waals surface area contributed by atoms with E-state index in [1.807, 2.05) is 49.4 Å². The summed E-state index contributed by atoms with van der Waals surface area (Å²) in [6, 6.07) is 18.9. The molecule has 0 amide bonds. The van der Waals surface area contributed by atoms with Gasteiger partial charge < -0.3 is 14.1 Å². The van der Waals surface area contributed by atoms with Crippen LogP contribution in [0.15, 0.2) is 87.4 Å². The van der Waals surface area contributed by atoms with Crippen molar-refractivity contribution in [1.82, 2.24) is 9.55 Å². The molecule has 2 heterocycles. The quantitative estimate of drug-likeness (QED) is 0.296. The van der Waals surface area contributed by atoms with Crippen LogP contribution in [0, 0.1) is 5.92 Å². The van der Waals surface area contributed by atoms with Crippen molar-refractivity contribution in [2.75, 3.05) is 0 Å². The average molecular weight is 533 g/mol. The Labute approximate surface area is 222 Å². The van der Waals surface area contributed by atoms with Crippen molar-refractivity contribution >= 4 is 9.84 Å². The highest BCUT2D eigenvalue weighted by Crippen LogP contribution is 2.48. The second-order valence-corrected chi connectivity index (χ2v) is 12.2. The van der Waals surface area contributed by atoms with Crippen LogP contribution in [-0.2, 0) is 29.1 Å². The molecule has 38 heavy (non-hydrogen) atoms. The van der Waals surface area contributed by atoms with E-state index in [4.69, 9.17) is 4.42 Å². The molecule has 1 saturated carbocycles. The number of rotatable bonds is 10. The van der Waals surface area contributed by atoms with Gasteiger partial charge in [0.15, 0.2) is 5.03 Å². The molecule has 0 radical (unpaired) electrons. The predicted molar refractivity (Wildman–Crippen MR) is 145 cm³/mol. The average Bonchev–Trinajstić information content (AvgIpc) is 3.63. The number of benzene rings is 2. The number of aromatic hydroxyl groups is 1. The molecule has 0 saturated heterocycles. The van der Waals surface area contributed by atoms with Crippen molar-refractivity contribution in [3.8, 4) is 5.75 Å². The van der Waals surface area contributed by atoms with E-state index in [9.17, 15) is 18.3 Å². The Bertz CT molecular complexity index is 1590. The Balaban J connectivity index is 1.46. The van der Waals surface area contributed by atoms with E-state index in [1.165, 1.54) is 12.5 Å². The third-order valence-corrected chi connectivity index (χ3v) is 8.84. The number of hydrogen-bond donors (Lipinski definition) is 1. The Morgan fingerprint density at radius 1 is 1.08 bits per heavy atom. The molecule has 5 rings (SSSR count). The molecule has 0 aliphatic heterocycles. The largest absolute Gasteiger partial charge is 0.507 e. The Hall–Kier alpha value is -3.65. The van der Waals surface area contributed by atoms with Crippen LogP contribution in [0.5, 0.6) is 5.75 Å². The maximum atomic E-state index is 13.3. The molecule has 7 nitrogen and oxygen atoms in total. The highest BCUT2D eigenvalue weighted by molar-refractivity contribution is 7.90. The van der Waals surface area contributed by atoms with Crippen LogP contribution >= 0.6 is 0 Å². The van der Waals surface area contributed by atoms with Crippen LogP contribution in [0.4, 0.5) is 0 Å². The summed E-state index contributed by atoms with van der Waals surface area (Å²) in [6.45, 7) is 2.04. The monoisotopic (exact) mass is 532 g/mol. The minimum Gasteiger partial charge on any atom is -0.507 e. The zero-order chi connectivity index (χ0) is 26.9. The van der Waals surface area contributed by atoms with Crippen LogP contribution in [0.3, 0.4) is 0 Å². The van der Waals surface area contributed by atoms with Crippen LogP contribution in [0.25, 0.3) is 0 Å². The van der Waals surface area contributed by atoms with Crippen molar-refractivity contribution in [1.29, 1.82) is 0 Å². The maximum absolute atomic E-state index is 13.3. The van der Waals surface area contributed by atoms with Gasteiger partial charge in [0.25, 0.3) is 0 Å². The fraction of sp³-hybridized carbons (Fsp3) is 0.333. The molecule has 0 bridgehead atoms. The molecule has 198 valence electrons. The summed E-state index contributed by atoms with van der Waals surface area (Å²) >= 11 is 0. The topological polar surface area (TPSA) is 102 Å². The van der Waals surface area contributed by atoms with Gasteiger partial charge >= 0.3 is 5.63 Å². The number of aryl methyl sites for hydroxylation is 1. The minimum atomic E-state index is -3.63. The number of imidazole rings is 1. The summed E-state index contributed by atoms with van der Waals surface area (Å²) in [7, 11) is -1.90. The molecule has 1 aliphatic rings. The number of hydrogen-bond acceptors (Lipinski definition) is 6. The minimum absolute atomic E-state index is 0.0269. The van der Waals surface area contributed by atoms with Crippen molar-refractivity contribution < 1.29 is 17.9 Å². The van der Waals surface area contributed by atoms with Crippen molar-refractivity contribution in [2.45, 2.75) is 55.2 Å². The number of nitrogens with zero attached hydrogens (tertiary/aromatic N) is 2. The van der Waals surface area contributed by atoms with E-state index >= 15 is 0 Å². The summed E-state index contributed by atoms with van der Waals surface area (Å²) in [6.07, 6.45) is 6.26. The van der Waals surface area contributed by atoms with Crippen LogP contribution in [0.1, 0.15) is 66.0 Å². The molecule has 1 N–H and O–H groups in total. The van der Waals surface area contributed by atoms with Crippen molar-refractivity contribution in [2.24, 2.45) is 13.0 Å². The second kappa shape index (κ2) is 10.6. The summed E-state index contributed by atoms with van der Waals surface area (Å²) in [4.78, 5) is 17.3. The molecule has 1 aliphatic carbocycles. The third kappa shape index (κ3) is 5.60. The standard InChI is InChI=1S/C30H32N2O5S/c1-3-22(14-20-8-5-4-6-9-20)26-16-25(33)29(30(34)37-26)28(23-12-13-23)24-11-7-10-21(15-24)18-38(35,36)27-17-32(2)19-31-27/h4-11,15-17,19,22-23,28,33H,3,12-14,18H2,1-2H3. The van der Waals surface area contributed by atoms with E-state index < -0.39 is 15.5 Å².